The fraction of sp³-hybridized carbons (Fsp3) is 0.300. The maximum atomic E-state index is 12.2. The number of carbonyl (C=O) groups is 2. The molecule has 0 aliphatic carbocycles. The minimum Gasteiger partial charge on any atom is -0.348 e. The lowest BCUT2D eigenvalue weighted by Crippen LogP contribution is -2.39. The van der Waals surface area contributed by atoms with Crippen LogP contribution in [0.15, 0.2) is 53.0 Å². The van der Waals surface area contributed by atoms with E-state index in [1.807, 2.05) is 62.4 Å². The zero-order valence-corrected chi connectivity index (χ0v) is 16.8. The molecule has 0 saturated carbocycles. The van der Waals surface area contributed by atoms with Gasteiger partial charge in [-0.05, 0) is 50.2 Å². The predicted octanol–water partition coefficient (Wildman–Crippen LogP) is 3.51. The number of hydrogen-bond acceptors (Lipinski definition) is 3. The van der Waals surface area contributed by atoms with E-state index in [1.54, 1.807) is 11.9 Å². The second-order valence-corrected chi connectivity index (χ2v) is 7.30. The SMILES string of the molecule is Cc1cc(Br)ccc1NC(=O)CN(C)CC(=O)N[C@@H](C)c1ccccc1. The molecule has 0 unspecified atom stereocenters. The number of nitrogens with one attached hydrogen (secondary N) is 2. The molecule has 0 heterocycles. The van der Waals surface area contributed by atoms with E-state index in [2.05, 4.69) is 26.6 Å². The van der Waals surface area contributed by atoms with Crippen LogP contribution in [0.5, 0.6) is 0 Å². The Hall–Kier alpha value is -2.18. The third-order valence-electron chi connectivity index (χ3n) is 3.97. The van der Waals surface area contributed by atoms with Crippen LogP contribution in [0.3, 0.4) is 0 Å². The Morgan fingerprint density at radius 2 is 1.73 bits per heavy atom. The first-order valence-corrected chi connectivity index (χ1v) is 9.23. The molecule has 0 bridgehead atoms. The second-order valence-electron chi connectivity index (χ2n) is 6.38. The number of benzene rings is 2. The topological polar surface area (TPSA) is 61.4 Å². The van der Waals surface area contributed by atoms with Gasteiger partial charge < -0.3 is 10.6 Å². The molecule has 2 aromatic carbocycles. The fourth-order valence-electron chi connectivity index (χ4n) is 2.62. The van der Waals surface area contributed by atoms with E-state index in [1.165, 1.54) is 0 Å². The summed E-state index contributed by atoms with van der Waals surface area (Å²) < 4.78 is 0.967. The fourth-order valence-corrected chi connectivity index (χ4v) is 3.09. The third kappa shape index (κ3) is 6.28. The van der Waals surface area contributed by atoms with Crippen molar-refractivity contribution in [1.29, 1.82) is 0 Å². The lowest BCUT2D eigenvalue weighted by atomic mass is 10.1. The van der Waals surface area contributed by atoms with Crippen LogP contribution in [0.4, 0.5) is 5.69 Å². The van der Waals surface area contributed by atoms with Crippen molar-refractivity contribution < 1.29 is 9.59 Å². The van der Waals surface area contributed by atoms with Gasteiger partial charge >= 0.3 is 0 Å². The molecule has 2 N–H and O–H groups in total. The number of rotatable bonds is 7. The molecule has 0 saturated heterocycles. The van der Waals surface area contributed by atoms with Crippen LogP contribution >= 0.6 is 15.9 Å². The molecule has 0 aromatic heterocycles. The van der Waals surface area contributed by atoms with Crippen LogP contribution in [0.25, 0.3) is 0 Å². The molecule has 0 aliphatic heterocycles. The summed E-state index contributed by atoms with van der Waals surface area (Å²) in [5, 5.41) is 5.82. The van der Waals surface area contributed by atoms with Crippen LogP contribution in [0.1, 0.15) is 24.1 Å². The highest BCUT2D eigenvalue weighted by atomic mass is 79.9. The van der Waals surface area contributed by atoms with Crippen molar-refractivity contribution in [2.24, 2.45) is 0 Å². The normalized spacial score (nSPS) is 11.9. The third-order valence-corrected chi connectivity index (χ3v) is 4.46. The van der Waals surface area contributed by atoms with Crippen LogP contribution in [0.2, 0.25) is 0 Å². The first-order chi connectivity index (χ1) is 12.3. The van der Waals surface area contributed by atoms with E-state index in [-0.39, 0.29) is 30.9 Å². The summed E-state index contributed by atoms with van der Waals surface area (Å²) in [5.41, 5.74) is 2.80. The van der Waals surface area contributed by atoms with Crippen LogP contribution in [-0.2, 0) is 9.59 Å². The molecular formula is C20H24BrN3O2. The Morgan fingerprint density at radius 1 is 1.08 bits per heavy atom. The van der Waals surface area contributed by atoms with E-state index in [4.69, 9.17) is 0 Å². The number of aryl methyl sites for hydroxylation is 1. The van der Waals surface area contributed by atoms with Crippen molar-refractivity contribution in [3.8, 4) is 0 Å². The molecule has 138 valence electrons. The number of likely N-dealkylation sites (N-methyl/N-ethyl adjacent to an activating group) is 1. The number of halogens is 1. The highest BCUT2D eigenvalue weighted by Crippen LogP contribution is 2.19. The van der Waals surface area contributed by atoms with Crippen LogP contribution in [0, 0.1) is 6.92 Å². The molecule has 2 aromatic rings. The quantitative estimate of drug-likeness (QED) is 0.724. The number of nitrogens with zero attached hydrogens (tertiary/aromatic N) is 1. The molecule has 5 nitrogen and oxygen atoms in total. The highest BCUT2D eigenvalue weighted by molar-refractivity contribution is 9.10. The number of amides is 2. The average molecular weight is 418 g/mol. The van der Waals surface area contributed by atoms with Gasteiger partial charge in [0.1, 0.15) is 0 Å². The van der Waals surface area contributed by atoms with Crippen LogP contribution in [-0.4, -0.2) is 36.9 Å². The summed E-state index contributed by atoms with van der Waals surface area (Å²) in [4.78, 5) is 26.1. The van der Waals surface area contributed by atoms with Gasteiger partial charge in [0.05, 0.1) is 19.1 Å². The van der Waals surface area contributed by atoms with Crippen molar-refractivity contribution in [3.05, 3.63) is 64.1 Å². The summed E-state index contributed by atoms with van der Waals surface area (Å²) in [5.74, 6) is -0.265. The summed E-state index contributed by atoms with van der Waals surface area (Å²) in [7, 11) is 1.75. The van der Waals surface area contributed by atoms with E-state index in [0.29, 0.717) is 0 Å². The standard InChI is InChI=1S/C20H24BrN3O2/c1-14-11-17(21)9-10-18(14)23-20(26)13-24(3)12-19(25)22-15(2)16-7-5-4-6-8-16/h4-11,15H,12-13H2,1-3H3,(H,22,25)(H,23,26)/t15-/m0/s1. The van der Waals surface area contributed by atoms with Gasteiger partial charge in [-0.15, -0.1) is 0 Å². The van der Waals surface area contributed by atoms with Gasteiger partial charge in [-0.25, -0.2) is 0 Å². The van der Waals surface area contributed by atoms with Gasteiger partial charge in [-0.2, -0.15) is 0 Å². The summed E-state index contributed by atoms with van der Waals surface area (Å²) in [6, 6.07) is 15.4. The molecule has 26 heavy (non-hydrogen) atoms. The number of anilines is 1. The maximum Gasteiger partial charge on any atom is 0.238 e. The van der Waals surface area contributed by atoms with E-state index in [0.717, 1.165) is 21.3 Å². The predicted molar refractivity (Wildman–Crippen MR) is 108 cm³/mol. The van der Waals surface area contributed by atoms with Gasteiger partial charge in [0.15, 0.2) is 0 Å². The molecular weight excluding hydrogens is 394 g/mol. The Labute approximate surface area is 162 Å². The zero-order chi connectivity index (χ0) is 19.1. The van der Waals surface area contributed by atoms with Crippen molar-refractivity contribution in [2.75, 3.05) is 25.5 Å². The van der Waals surface area contributed by atoms with E-state index >= 15 is 0 Å². The van der Waals surface area contributed by atoms with Crippen molar-refractivity contribution in [1.82, 2.24) is 10.2 Å². The first-order valence-electron chi connectivity index (χ1n) is 8.44. The second kappa shape index (κ2) is 9.50. The molecule has 0 spiro atoms. The van der Waals surface area contributed by atoms with Crippen molar-refractivity contribution in [3.63, 3.8) is 0 Å². The van der Waals surface area contributed by atoms with Crippen molar-refractivity contribution in [2.45, 2.75) is 19.9 Å². The van der Waals surface area contributed by atoms with Gasteiger partial charge in [0.2, 0.25) is 11.8 Å². The molecule has 0 fully saturated rings. The Balaban J connectivity index is 1.80. The molecule has 2 amide bonds. The largest absolute Gasteiger partial charge is 0.348 e. The molecule has 0 radical (unpaired) electrons. The highest BCUT2D eigenvalue weighted by Gasteiger charge is 2.14. The average Bonchev–Trinajstić information content (AvgIpc) is 2.57. The van der Waals surface area contributed by atoms with Gasteiger partial charge in [0.25, 0.3) is 0 Å². The first kappa shape index (κ1) is 20.1. The Morgan fingerprint density at radius 3 is 2.38 bits per heavy atom. The van der Waals surface area contributed by atoms with Crippen LogP contribution < -0.4 is 10.6 Å². The summed E-state index contributed by atoms with van der Waals surface area (Å²) >= 11 is 3.40. The summed E-state index contributed by atoms with van der Waals surface area (Å²) in [6.07, 6.45) is 0. The monoisotopic (exact) mass is 417 g/mol. The van der Waals surface area contributed by atoms with E-state index in [9.17, 15) is 9.59 Å². The minimum atomic E-state index is -0.151. The van der Waals surface area contributed by atoms with Gasteiger partial charge in [-0.3, -0.25) is 14.5 Å². The van der Waals surface area contributed by atoms with E-state index < -0.39 is 0 Å². The van der Waals surface area contributed by atoms with Gasteiger partial charge in [-0.1, -0.05) is 46.3 Å². The molecule has 0 aliphatic rings. The molecule has 6 heteroatoms. The number of carbonyl (C=O) groups excluding carboxylic acids is 2. The maximum absolute atomic E-state index is 12.2. The zero-order valence-electron chi connectivity index (χ0n) is 15.3. The lowest BCUT2D eigenvalue weighted by molar-refractivity contribution is -0.123. The smallest absolute Gasteiger partial charge is 0.238 e. The number of hydrogen-bond donors (Lipinski definition) is 2. The van der Waals surface area contributed by atoms with Gasteiger partial charge in [0, 0.05) is 10.2 Å². The minimum absolute atomic E-state index is 0.0728. The lowest BCUT2D eigenvalue weighted by Gasteiger charge is -2.19. The van der Waals surface area contributed by atoms with Crippen molar-refractivity contribution >= 4 is 33.4 Å². The summed E-state index contributed by atoms with van der Waals surface area (Å²) in [6.45, 7) is 4.17. The molecule has 1 atom stereocenters. The molecule has 2 rings (SSSR count). The Kier molecular flexibility index (Phi) is 7.36. The Bertz CT molecular complexity index is 765.